The number of hydrogen-bond donors (Lipinski definition) is 11. The molecular weight excluding hydrogens is 769 g/mol. The summed E-state index contributed by atoms with van der Waals surface area (Å²) in [6, 6.07) is -8.77. The van der Waals surface area contributed by atoms with Crippen LogP contribution in [0.25, 0.3) is 0 Å². The van der Waals surface area contributed by atoms with Crippen molar-refractivity contribution in [2.45, 2.75) is 141 Å². The Morgan fingerprint density at radius 2 is 1.09 bits per heavy atom. The molecule has 326 valence electrons. The molecule has 0 radical (unpaired) electrons. The standard InChI is InChI=1S/C36H64N8O12S/c1-7-20(4)29(35(54)43-26(36(55)56)18-19(2)3)44-30(49)21(5)39-32(51)25(15-17-57-6)42-33(52)23(10-8-9-16-37)41-34(53)24(12-14-28(47)48)40-31(50)22(38)11-13-27(45)46/h19-26,29H,7-18,37-38H2,1-6H3,(H,39,51)(H,40,50)(H,41,53)(H,42,52)(H,43,54)(H,44,49)(H,45,46)(H,47,48)(H,55,56)/t20-,21-,22-,23-,24-,25-,26-,29-/m0/s1. The van der Waals surface area contributed by atoms with E-state index in [0.717, 1.165) is 0 Å². The maximum Gasteiger partial charge on any atom is 0.326 e. The number of rotatable bonds is 30. The molecule has 20 nitrogen and oxygen atoms in total. The molecule has 0 aliphatic carbocycles. The van der Waals surface area contributed by atoms with Gasteiger partial charge in [0.1, 0.15) is 36.3 Å². The molecule has 0 saturated carbocycles. The zero-order chi connectivity index (χ0) is 43.8. The van der Waals surface area contributed by atoms with Crippen LogP contribution in [0.3, 0.4) is 0 Å². The zero-order valence-electron chi connectivity index (χ0n) is 33.8. The Morgan fingerprint density at radius 3 is 1.58 bits per heavy atom. The Kier molecular flexibility index (Phi) is 25.8. The Labute approximate surface area is 337 Å². The number of unbranched alkanes of at least 4 members (excludes halogenated alkanes) is 1. The van der Waals surface area contributed by atoms with Gasteiger partial charge < -0.3 is 58.7 Å². The van der Waals surface area contributed by atoms with Gasteiger partial charge in [0.15, 0.2) is 0 Å². The molecule has 0 rings (SSSR count). The summed E-state index contributed by atoms with van der Waals surface area (Å²) in [5, 5.41) is 42.9. The maximum absolute atomic E-state index is 13.7. The minimum atomic E-state index is -1.46. The molecular formula is C36H64N8O12S. The van der Waals surface area contributed by atoms with Crippen molar-refractivity contribution in [1.82, 2.24) is 31.9 Å². The molecule has 0 aromatic carbocycles. The van der Waals surface area contributed by atoms with Crippen LogP contribution in [0.2, 0.25) is 0 Å². The van der Waals surface area contributed by atoms with Crippen LogP contribution in [-0.2, 0) is 43.2 Å². The lowest BCUT2D eigenvalue weighted by molar-refractivity contribution is -0.143. The van der Waals surface area contributed by atoms with Crippen molar-refractivity contribution in [3.8, 4) is 0 Å². The number of carbonyl (C=O) groups is 9. The largest absolute Gasteiger partial charge is 0.481 e. The summed E-state index contributed by atoms with van der Waals surface area (Å²) < 4.78 is 0. The third kappa shape index (κ3) is 21.6. The van der Waals surface area contributed by atoms with Crippen LogP contribution in [0.1, 0.15) is 98.8 Å². The molecule has 6 amide bonds. The zero-order valence-corrected chi connectivity index (χ0v) is 34.6. The second-order valence-corrected chi connectivity index (χ2v) is 15.3. The molecule has 0 unspecified atom stereocenters. The summed E-state index contributed by atoms with van der Waals surface area (Å²) in [5.41, 5.74) is 11.4. The van der Waals surface area contributed by atoms with E-state index in [-0.39, 0.29) is 44.6 Å². The van der Waals surface area contributed by atoms with Crippen LogP contribution in [0.15, 0.2) is 0 Å². The summed E-state index contributed by atoms with van der Waals surface area (Å²) >= 11 is 1.38. The van der Waals surface area contributed by atoms with Crippen LogP contribution >= 0.6 is 11.8 Å². The van der Waals surface area contributed by atoms with Crippen LogP contribution in [0.4, 0.5) is 0 Å². The van der Waals surface area contributed by atoms with E-state index in [1.807, 2.05) is 13.8 Å². The van der Waals surface area contributed by atoms with Crippen molar-refractivity contribution in [2.75, 3.05) is 18.6 Å². The van der Waals surface area contributed by atoms with Gasteiger partial charge in [-0.1, -0.05) is 34.1 Å². The minimum Gasteiger partial charge on any atom is -0.481 e. The van der Waals surface area contributed by atoms with Crippen LogP contribution < -0.4 is 43.4 Å². The van der Waals surface area contributed by atoms with Gasteiger partial charge >= 0.3 is 17.9 Å². The predicted molar refractivity (Wildman–Crippen MR) is 211 cm³/mol. The van der Waals surface area contributed by atoms with Gasteiger partial charge in [0.2, 0.25) is 35.4 Å². The van der Waals surface area contributed by atoms with Gasteiger partial charge in [-0.2, -0.15) is 11.8 Å². The number of carboxylic acid groups (broad SMARTS) is 3. The topological polar surface area (TPSA) is 339 Å². The second kappa shape index (κ2) is 28.0. The summed E-state index contributed by atoms with van der Waals surface area (Å²) in [5.74, 6) is -8.52. The molecule has 0 aromatic rings. The summed E-state index contributed by atoms with van der Waals surface area (Å²) in [7, 11) is 0. The number of thioether (sulfide) groups is 1. The first-order valence-electron chi connectivity index (χ1n) is 19.1. The normalized spacial score (nSPS) is 15.3. The van der Waals surface area contributed by atoms with Gasteiger partial charge in [-0.25, -0.2) is 4.79 Å². The quantitative estimate of drug-likeness (QED) is 0.0388. The number of carbonyl (C=O) groups excluding carboxylic acids is 6. The van der Waals surface area contributed by atoms with E-state index in [0.29, 0.717) is 25.0 Å². The minimum absolute atomic E-state index is 0.0359. The monoisotopic (exact) mass is 832 g/mol. The Morgan fingerprint density at radius 1 is 0.596 bits per heavy atom. The summed E-state index contributed by atoms with van der Waals surface area (Å²) in [6.45, 7) is 8.76. The molecule has 0 spiro atoms. The average molecular weight is 833 g/mol. The van der Waals surface area contributed by atoms with E-state index in [9.17, 15) is 53.4 Å². The van der Waals surface area contributed by atoms with Crippen LogP contribution in [-0.4, -0.2) is 130 Å². The second-order valence-electron chi connectivity index (χ2n) is 14.4. The Balaban J connectivity index is 6.11. The van der Waals surface area contributed by atoms with Crippen molar-refractivity contribution >= 4 is 65.1 Å². The molecule has 0 aliphatic heterocycles. The highest BCUT2D eigenvalue weighted by Crippen LogP contribution is 2.12. The summed E-state index contributed by atoms with van der Waals surface area (Å²) in [6.07, 6.45) is 1.76. The van der Waals surface area contributed by atoms with Gasteiger partial charge in [0, 0.05) is 12.8 Å². The highest BCUT2D eigenvalue weighted by Gasteiger charge is 2.34. The molecule has 57 heavy (non-hydrogen) atoms. The van der Waals surface area contributed by atoms with Gasteiger partial charge in [0.25, 0.3) is 0 Å². The third-order valence-electron chi connectivity index (χ3n) is 8.98. The van der Waals surface area contributed by atoms with E-state index in [4.69, 9.17) is 16.6 Å². The molecule has 8 atom stereocenters. The van der Waals surface area contributed by atoms with E-state index in [1.165, 1.54) is 18.7 Å². The predicted octanol–water partition coefficient (Wildman–Crippen LogP) is -0.969. The van der Waals surface area contributed by atoms with Gasteiger partial charge in [-0.15, -0.1) is 0 Å². The van der Waals surface area contributed by atoms with Crippen molar-refractivity contribution in [2.24, 2.45) is 23.3 Å². The van der Waals surface area contributed by atoms with Crippen molar-refractivity contribution in [1.29, 1.82) is 0 Å². The van der Waals surface area contributed by atoms with Crippen molar-refractivity contribution in [3.05, 3.63) is 0 Å². The van der Waals surface area contributed by atoms with E-state index in [2.05, 4.69) is 31.9 Å². The highest BCUT2D eigenvalue weighted by molar-refractivity contribution is 7.98. The first kappa shape index (κ1) is 52.5. The first-order valence-corrected chi connectivity index (χ1v) is 20.5. The number of aliphatic carboxylic acids is 3. The lowest BCUT2D eigenvalue weighted by Gasteiger charge is -2.28. The number of nitrogens with one attached hydrogen (secondary N) is 6. The number of hydrogen-bond acceptors (Lipinski definition) is 12. The van der Waals surface area contributed by atoms with Crippen molar-refractivity contribution < 1.29 is 58.5 Å². The van der Waals surface area contributed by atoms with Crippen LogP contribution in [0, 0.1) is 11.8 Å². The van der Waals surface area contributed by atoms with Gasteiger partial charge in [-0.05, 0) is 82.3 Å². The molecule has 0 heterocycles. The fraction of sp³-hybridized carbons (Fsp3) is 0.750. The lowest BCUT2D eigenvalue weighted by atomic mass is 9.96. The lowest BCUT2D eigenvalue weighted by Crippen LogP contribution is -2.60. The van der Waals surface area contributed by atoms with Crippen molar-refractivity contribution in [3.63, 3.8) is 0 Å². The van der Waals surface area contributed by atoms with E-state index in [1.54, 1.807) is 20.1 Å². The average Bonchev–Trinajstić information content (AvgIpc) is 3.14. The third-order valence-corrected chi connectivity index (χ3v) is 9.62. The first-order chi connectivity index (χ1) is 26.7. The molecule has 0 aliphatic rings. The van der Waals surface area contributed by atoms with E-state index >= 15 is 0 Å². The molecule has 0 fully saturated rings. The molecule has 13 N–H and O–H groups in total. The fourth-order valence-corrected chi connectivity index (χ4v) is 5.82. The van der Waals surface area contributed by atoms with Gasteiger partial charge in [0.05, 0.1) is 6.04 Å². The smallest absolute Gasteiger partial charge is 0.326 e. The molecule has 0 aromatic heterocycles. The SMILES string of the molecule is CC[C@H](C)[C@H](NC(=O)[C@H](C)NC(=O)[C@H](CCSC)NC(=O)[C@H](CCCCN)NC(=O)[C@H](CCC(=O)O)NC(=O)[C@@H](N)CCC(=O)O)C(=O)N[C@@H](CC(C)C)C(=O)O. The molecule has 0 bridgehead atoms. The molecule has 21 heteroatoms. The number of nitrogens with two attached hydrogens (primary N) is 2. The van der Waals surface area contributed by atoms with Gasteiger partial charge in [-0.3, -0.25) is 38.4 Å². The summed E-state index contributed by atoms with van der Waals surface area (Å²) in [4.78, 5) is 114. The Hall–Kier alpha value is -4.50. The van der Waals surface area contributed by atoms with E-state index < -0.39 is 114 Å². The maximum atomic E-state index is 13.7. The number of carboxylic acids is 3. The fourth-order valence-electron chi connectivity index (χ4n) is 5.35. The number of amides is 6. The highest BCUT2D eigenvalue weighted by atomic mass is 32.2. The Bertz CT molecular complexity index is 1370. The van der Waals surface area contributed by atoms with Crippen LogP contribution in [0.5, 0.6) is 0 Å². The molecule has 0 saturated heterocycles.